The maximum absolute atomic E-state index is 11.8. The number of nitrogens with zero attached hydrogens (tertiary/aromatic N) is 2. The molecule has 0 N–H and O–H groups in total. The molecular formula is C10H10N2O2. The first kappa shape index (κ1) is 8.74. The molecule has 14 heavy (non-hydrogen) atoms. The molecule has 0 atom stereocenters. The highest BCUT2D eigenvalue weighted by molar-refractivity contribution is 5.93. The number of carbonyl (C=O) groups is 1. The minimum Gasteiger partial charge on any atom is -0.459 e. The van der Waals surface area contributed by atoms with Gasteiger partial charge in [0, 0.05) is 18.8 Å². The molecular weight excluding hydrogens is 180 g/mol. The summed E-state index contributed by atoms with van der Waals surface area (Å²) in [4.78, 5) is 15.8. The van der Waals surface area contributed by atoms with Crippen molar-refractivity contribution in [1.82, 2.24) is 9.55 Å². The van der Waals surface area contributed by atoms with E-state index in [1.165, 1.54) is 10.8 Å². The summed E-state index contributed by atoms with van der Waals surface area (Å²) >= 11 is 0. The minimum atomic E-state index is -0.177. The third-order valence-corrected chi connectivity index (χ3v) is 1.98. The predicted molar refractivity (Wildman–Crippen MR) is 50.0 cm³/mol. The van der Waals surface area contributed by atoms with Gasteiger partial charge in [0.1, 0.15) is 5.82 Å². The largest absolute Gasteiger partial charge is 0.459 e. The van der Waals surface area contributed by atoms with Crippen molar-refractivity contribution >= 4 is 5.91 Å². The topological polar surface area (TPSA) is 48.0 Å². The lowest BCUT2D eigenvalue weighted by atomic mass is 10.4. The van der Waals surface area contributed by atoms with Crippen LogP contribution in [0.25, 0.3) is 0 Å². The van der Waals surface area contributed by atoms with Crippen molar-refractivity contribution in [3.8, 4) is 0 Å². The summed E-state index contributed by atoms with van der Waals surface area (Å²) in [6, 6.07) is 3.33. The maximum atomic E-state index is 11.8. The first-order chi connectivity index (χ1) is 6.83. The molecule has 0 aromatic carbocycles. The standard InChI is InChI=1S/C10H10N2O2/c1-2-9-11-5-6-12(9)10(13)8-4-3-7-14-8/h3-7H,2H2,1H3. The fraction of sp³-hybridized carbons (Fsp3) is 0.200. The number of aryl methyl sites for hydroxylation is 1. The van der Waals surface area contributed by atoms with E-state index in [0.717, 1.165) is 12.2 Å². The number of aromatic nitrogens is 2. The van der Waals surface area contributed by atoms with E-state index in [1.54, 1.807) is 24.5 Å². The van der Waals surface area contributed by atoms with Crippen molar-refractivity contribution in [2.45, 2.75) is 13.3 Å². The molecule has 4 heteroatoms. The molecule has 0 aliphatic rings. The second kappa shape index (κ2) is 3.49. The summed E-state index contributed by atoms with van der Waals surface area (Å²) in [7, 11) is 0. The Bertz CT molecular complexity index is 429. The van der Waals surface area contributed by atoms with Gasteiger partial charge in [-0.15, -0.1) is 0 Å². The second-order valence-corrected chi connectivity index (χ2v) is 2.85. The van der Waals surface area contributed by atoms with Crippen molar-refractivity contribution in [3.63, 3.8) is 0 Å². The highest BCUT2D eigenvalue weighted by atomic mass is 16.3. The molecule has 0 saturated heterocycles. The molecule has 4 nitrogen and oxygen atoms in total. The second-order valence-electron chi connectivity index (χ2n) is 2.85. The van der Waals surface area contributed by atoms with Gasteiger partial charge < -0.3 is 4.42 Å². The molecule has 2 aromatic heterocycles. The molecule has 2 heterocycles. The van der Waals surface area contributed by atoms with Gasteiger partial charge in [-0.1, -0.05) is 6.92 Å². The van der Waals surface area contributed by atoms with Gasteiger partial charge in [0.05, 0.1) is 6.26 Å². The summed E-state index contributed by atoms with van der Waals surface area (Å²) in [5.74, 6) is 0.897. The van der Waals surface area contributed by atoms with E-state index in [9.17, 15) is 4.79 Å². The summed E-state index contributed by atoms with van der Waals surface area (Å²) in [5, 5.41) is 0. The van der Waals surface area contributed by atoms with Crippen LogP contribution in [0.15, 0.2) is 35.2 Å². The number of carbonyl (C=O) groups excluding carboxylic acids is 1. The number of hydrogen-bond acceptors (Lipinski definition) is 3. The molecule has 0 aliphatic carbocycles. The van der Waals surface area contributed by atoms with Gasteiger partial charge in [-0.2, -0.15) is 0 Å². The molecule has 0 bridgehead atoms. The molecule has 0 unspecified atom stereocenters. The van der Waals surface area contributed by atoms with Crippen molar-refractivity contribution < 1.29 is 9.21 Å². The van der Waals surface area contributed by atoms with Crippen LogP contribution in [0.2, 0.25) is 0 Å². The van der Waals surface area contributed by atoms with Crippen molar-refractivity contribution in [2.75, 3.05) is 0 Å². The normalized spacial score (nSPS) is 10.4. The van der Waals surface area contributed by atoms with Gasteiger partial charge in [0.15, 0.2) is 5.76 Å². The van der Waals surface area contributed by atoms with Gasteiger partial charge in [0.2, 0.25) is 0 Å². The maximum Gasteiger partial charge on any atom is 0.299 e. The molecule has 0 aliphatic heterocycles. The Balaban J connectivity index is 2.36. The Morgan fingerprint density at radius 1 is 1.64 bits per heavy atom. The van der Waals surface area contributed by atoms with E-state index >= 15 is 0 Å². The van der Waals surface area contributed by atoms with E-state index < -0.39 is 0 Å². The molecule has 0 fully saturated rings. The third kappa shape index (κ3) is 1.35. The Labute approximate surface area is 81.2 Å². The summed E-state index contributed by atoms with van der Waals surface area (Å²) in [6.07, 6.45) is 5.46. The van der Waals surface area contributed by atoms with Gasteiger partial charge >= 0.3 is 0 Å². The van der Waals surface area contributed by atoms with Crippen molar-refractivity contribution in [1.29, 1.82) is 0 Å². The highest BCUT2D eigenvalue weighted by Gasteiger charge is 2.13. The first-order valence-electron chi connectivity index (χ1n) is 4.43. The number of imidazole rings is 1. The monoisotopic (exact) mass is 190 g/mol. The lowest BCUT2D eigenvalue weighted by Gasteiger charge is -2.01. The predicted octanol–water partition coefficient (Wildman–Crippen LogP) is 1.73. The molecule has 2 aromatic rings. The molecule has 0 amide bonds. The molecule has 2 rings (SSSR count). The fourth-order valence-corrected chi connectivity index (χ4v) is 1.30. The van der Waals surface area contributed by atoms with E-state index in [0.29, 0.717) is 5.76 Å². The third-order valence-electron chi connectivity index (χ3n) is 1.98. The number of hydrogen-bond donors (Lipinski definition) is 0. The van der Waals surface area contributed by atoms with Crippen LogP contribution in [0, 0.1) is 0 Å². The zero-order valence-electron chi connectivity index (χ0n) is 7.80. The van der Waals surface area contributed by atoms with Crippen LogP contribution < -0.4 is 0 Å². The van der Waals surface area contributed by atoms with Crippen LogP contribution in [0.3, 0.4) is 0 Å². The van der Waals surface area contributed by atoms with Crippen LogP contribution in [0.5, 0.6) is 0 Å². The van der Waals surface area contributed by atoms with E-state index in [2.05, 4.69) is 4.98 Å². The Morgan fingerprint density at radius 3 is 3.14 bits per heavy atom. The average molecular weight is 190 g/mol. The molecule has 72 valence electrons. The quantitative estimate of drug-likeness (QED) is 0.724. The molecule has 0 radical (unpaired) electrons. The smallest absolute Gasteiger partial charge is 0.299 e. The fourth-order valence-electron chi connectivity index (χ4n) is 1.30. The van der Waals surface area contributed by atoms with Crippen LogP contribution in [0.4, 0.5) is 0 Å². The Hall–Kier alpha value is -1.84. The van der Waals surface area contributed by atoms with Crippen molar-refractivity contribution in [2.24, 2.45) is 0 Å². The summed E-state index contributed by atoms with van der Waals surface area (Å²) in [5.41, 5.74) is 0. The van der Waals surface area contributed by atoms with E-state index in [4.69, 9.17) is 4.42 Å². The Kier molecular flexibility index (Phi) is 2.18. The van der Waals surface area contributed by atoms with E-state index in [1.807, 2.05) is 6.92 Å². The van der Waals surface area contributed by atoms with Gasteiger partial charge in [0.25, 0.3) is 5.91 Å². The van der Waals surface area contributed by atoms with Gasteiger partial charge in [-0.05, 0) is 12.1 Å². The number of rotatable bonds is 2. The summed E-state index contributed by atoms with van der Waals surface area (Å²) < 4.78 is 6.52. The van der Waals surface area contributed by atoms with Gasteiger partial charge in [-0.3, -0.25) is 9.36 Å². The average Bonchev–Trinajstić information content (AvgIpc) is 2.87. The molecule has 0 spiro atoms. The summed E-state index contributed by atoms with van der Waals surface area (Å²) in [6.45, 7) is 1.95. The van der Waals surface area contributed by atoms with Crippen LogP contribution >= 0.6 is 0 Å². The molecule has 0 saturated carbocycles. The van der Waals surface area contributed by atoms with Gasteiger partial charge in [-0.25, -0.2) is 4.98 Å². The zero-order chi connectivity index (χ0) is 9.97. The minimum absolute atomic E-state index is 0.177. The lowest BCUT2D eigenvalue weighted by molar-refractivity contribution is 0.0929. The van der Waals surface area contributed by atoms with E-state index in [-0.39, 0.29) is 5.91 Å². The highest BCUT2D eigenvalue weighted by Crippen LogP contribution is 2.06. The number of furan rings is 1. The zero-order valence-corrected chi connectivity index (χ0v) is 7.80. The van der Waals surface area contributed by atoms with Crippen LogP contribution in [0.1, 0.15) is 23.3 Å². The van der Waals surface area contributed by atoms with Crippen LogP contribution in [-0.4, -0.2) is 15.5 Å². The Morgan fingerprint density at radius 2 is 2.50 bits per heavy atom. The first-order valence-corrected chi connectivity index (χ1v) is 4.43. The van der Waals surface area contributed by atoms with Crippen LogP contribution in [-0.2, 0) is 6.42 Å². The SMILES string of the molecule is CCc1nccn1C(=O)c1ccco1. The lowest BCUT2D eigenvalue weighted by Crippen LogP contribution is -2.13. The van der Waals surface area contributed by atoms with Crippen molar-refractivity contribution in [3.05, 3.63) is 42.4 Å².